The third-order valence-electron chi connectivity index (χ3n) is 3.12. The lowest BCUT2D eigenvalue weighted by Gasteiger charge is -2.08. The van der Waals surface area contributed by atoms with E-state index in [-0.39, 0.29) is 5.46 Å². The third-order valence-corrected chi connectivity index (χ3v) is 3.12. The van der Waals surface area contributed by atoms with Crippen molar-refractivity contribution in [3.63, 3.8) is 0 Å². The molecule has 0 aliphatic rings. The van der Waals surface area contributed by atoms with E-state index in [0.717, 1.165) is 16.7 Å². The van der Waals surface area contributed by atoms with E-state index >= 15 is 0 Å². The van der Waals surface area contributed by atoms with Gasteiger partial charge in [0.05, 0.1) is 0 Å². The summed E-state index contributed by atoms with van der Waals surface area (Å²) < 4.78 is 13.6. The predicted octanol–water partition coefficient (Wildman–Crippen LogP) is 1.79. The van der Waals surface area contributed by atoms with Crippen LogP contribution in [0.4, 0.5) is 4.39 Å². The van der Waals surface area contributed by atoms with Gasteiger partial charge >= 0.3 is 7.12 Å². The van der Waals surface area contributed by atoms with Crippen LogP contribution in [0.15, 0.2) is 36.4 Å². The van der Waals surface area contributed by atoms with Crippen molar-refractivity contribution in [3.8, 4) is 11.1 Å². The van der Waals surface area contributed by atoms with Gasteiger partial charge in [-0.25, -0.2) is 4.39 Å². The van der Waals surface area contributed by atoms with Crippen LogP contribution in [-0.4, -0.2) is 17.2 Å². The van der Waals surface area contributed by atoms with Crippen molar-refractivity contribution >= 4 is 12.6 Å². The number of hydrogen-bond donors (Lipinski definition) is 2. The monoisotopic (exact) mass is 244 g/mol. The zero-order valence-electron chi connectivity index (χ0n) is 10.3. The molecule has 0 aliphatic carbocycles. The SMILES string of the molecule is Cc1ccc(-c2ccc(B(O)O)c(F)c2)cc1C. The molecule has 0 saturated carbocycles. The van der Waals surface area contributed by atoms with E-state index in [1.54, 1.807) is 6.07 Å². The highest BCUT2D eigenvalue weighted by Crippen LogP contribution is 2.22. The average Bonchev–Trinajstić information content (AvgIpc) is 2.32. The second kappa shape index (κ2) is 4.92. The maximum absolute atomic E-state index is 13.6. The summed E-state index contributed by atoms with van der Waals surface area (Å²) in [7, 11) is -1.78. The highest BCUT2D eigenvalue weighted by molar-refractivity contribution is 6.58. The first-order valence-corrected chi connectivity index (χ1v) is 5.72. The second-order valence-electron chi connectivity index (χ2n) is 4.41. The van der Waals surface area contributed by atoms with Gasteiger partial charge < -0.3 is 10.0 Å². The van der Waals surface area contributed by atoms with E-state index in [4.69, 9.17) is 10.0 Å². The number of rotatable bonds is 2. The van der Waals surface area contributed by atoms with E-state index in [1.807, 2.05) is 32.0 Å². The maximum atomic E-state index is 13.6. The first kappa shape index (κ1) is 12.8. The topological polar surface area (TPSA) is 40.5 Å². The predicted molar refractivity (Wildman–Crippen MR) is 71.1 cm³/mol. The van der Waals surface area contributed by atoms with Crippen LogP contribution in [0.1, 0.15) is 11.1 Å². The van der Waals surface area contributed by atoms with Gasteiger partial charge in [-0.15, -0.1) is 0 Å². The van der Waals surface area contributed by atoms with Crippen LogP contribution in [-0.2, 0) is 0 Å². The molecule has 0 radical (unpaired) electrons. The fraction of sp³-hybridized carbons (Fsp3) is 0.143. The van der Waals surface area contributed by atoms with E-state index in [9.17, 15) is 4.39 Å². The molecule has 0 aromatic heterocycles. The van der Waals surface area contributed by atoms with Gasteiger partial charge in [0.2, 0.25) is 0 Å². The van der Waals surface area contributed by atoms with Gasteiger partial charge in [0.15, 0.2) is 0 Å². The molecular weight excluding hydrogens is 230 g/mol. The quantitative estimate of drug-likeness (QED) is 0.790. The number of benzene rings is 2. The van der Waals surface area contributed by atoms with Gasteiger partial charge in [0, 0.05) is 5.46 Å². The van der Waals surface area contributed by atoms with Gasteiger partial charge in [-0.2, -0.15) is 0 Å². The van der Waals surface area contributed by atoms with Crippen LogP contribution in [0, 0.1) is 19.7 Å². The minimum absolute atomic E-state index is 0.109. The second-order valence-corrected chi connectivity index (χ2v) is 4.41. The Balaban J connectivity index is 2.45. The molecule has 92 valence electrons. The lowest BCUT2D eigenvalue weighted by molar-refractivity contribution is 0.423. The van der Waals surface area contributed by atoms with Gasteiger partial charge in [-0.1, -0.05) is 30.3 Å². The first-order chi connectivity index (χ1) is 8.49. The van der Waals surface area contributed by atoms with Crippen molar-refractivity contribution in [1.82, 2.24) is 0 Å². The summed E-state index contributed by atoms with van der Waals surface area (Å²) in [6, 6.07) is 10.3. The van der Waals surface area contributed by atoms with Crippen LogP contribution < -0.4 is 5.46 Å². The number of halogens is 1. The highest BCUT2D eigenvalue weighted by Gasteiger charge is 2.16. The molecule has 0 fully saturated rings. The molecule has 2 N–H and O–H groups in total. The van der Waals surface area contributed by atoms with E-state index < -0.39 is 12.9 Å². The Kier molecular flexibility index (Phi) is 3.50. The summed E-state index contributed by atoms with van der Waals surface area (Å²) in [4.78, 5) is 0. The van der Waals surface area contributed by atoms with Crippen LogP contribution in [0.5, 0.6) is 0 Å². The normalized spacial score (nSPS) is 10.5. The summed E-state index contributed by atoms with van der Waals surface area (Å²) in [5.74, 6) is -0.610. The summed E-state index contributed by atoms with van der Waals surface area (Å²) >= 11 is 0. The van der Waals surface area contributed by atoms with Crippen molar-refractivity contribution in [2.24, 2.45) is 0 Å². The van der Waals surface area contributed by atoms with Crippen molar-refractivity contribution < 1.29 is 14.4 Å². The zero-order valence-corrected chi connectivity index (χ0v) is 10.3. The summed E-state index contributed by atoms with van der Waals surface area (Å²) in [6.45, 7) is 4.02. The van der Waals surface area contributed by atoms with E-state index in [0.29, 0.717) is 0 Å². The Bertz CT molecular complexity index is 582. The smallest absolute Gasteiger partial charge is 0.423 e. The molecule has 2 rings (SSSR count). The van der Waals surface area contributed by atoms with Gasteiger partial charge in [0.1, 0.15) is 5.82 Å². The molecule has 0 atom stereocenters. The molecule has 0 unspecified atom stereocenters. The fourth-order valence-electron chi connectivity index (χ4n) is 1.84. The Hall–Kier alpha value is -1.65. The largest absolute Gasteiger partial charge is 0.491 e. The third kappa shape index (κ3) is 2.45. The van der Waals surface area contributed by atoms with E-state index in [2.05, 4.69) is 0 Å². The zero-order chi connectivity index (χ0) is 13.3. The maximum Gasteiger partial charge on any atom is 0.491 e. The van der Waals surface area contributed by atoms with Crippen LogP contribution >= 0.6 is 0 Å². The highest BCUT2D eigenvalue weighted by atomic mass is 19.1. The van der Waals surface area contributed by atoms with Crippen molar-refractivity contribution in [1.29, 1.82) is 0 Å². The molecule has 0 amide bonds. The van der Waals surface area contributed by atoms with Crippen LogP contribution in [0.25, 0.3) is 11.1 Å². The molecule has 18 heavy (non-hydrogen) atoms. The summed E-state index contributed by atoms with van der Waals surface area (Å²) in [5.41, 5.74) is 3.85. The Morgan fingerprint density at radius 3 is 2.06 bits per heavy atom. The lowest BCUT2D eigenvalue weighted by Crippen LogP contribution is -2.32. The van der Waals surface area contributed by atoms with Gasteiger partial charge in [-0.05, 0) is 42.2 Å². The molecular formula is C14H14BFO2. The molecule has 0 saturated heterocycles. The Labute approximate surface area is 106 Å². The Morgan fingerprint density at radius 1 is 0.889 bits per heavy atom. The molecule has 4 heteroatoms. The van der Waals surface area contributed by atoms with Crippen LogP contribution in [0.3, 0.4) is 0 Å². The molecule has 2 nitrogen and oxygen atoms in total. The molecule has 0 spiro atoms. The summed E-state index contributed by atoms with van der Waals surface area (Å²) in [5, 5.41) is 17.9. The fourth-order valence-corrected chi connectivity index (χ4v) is 1.84. The van der Waals surface area contributed by atoms with Crippen LogP contribution in [0.2, 0.25) is 0 Å². The minimum atomic E-state index is -1.78. The molecule has 2 aromatic carbocycles. The minimum Gasteiger partial charge on any atom is -0.423 e. The van der Waals surface area contributed by atoms with Crippen molar-refractivity contribution in [3.05, 3.63) is 53.3 Å². The molecule has 0 aliphatic heterocycles. The molecule has 2 aromatic rings. The van der Waals surface area contributed by atoms with Crippen molar-refractivity contribution in [2.45, 2.75) is 13.8 Å². The first-order valence-electron chi connectivity index (χ1n) is 5.72. The Morgan fingerprint density at radius 2 is 1.50 bits per heavy atom. The van der Waals surface area contributed by atoms with Crippen molar-refractivity contribution in [2.75, 3.05) is 0 Å². The molecule has 0 bridgehead atoms. The van der Waals surface area contributed by atoms with Gasteiger partial charge in [0.25, 0.3) is 0 Å². The van der Waals surface area contributed by atoms with E-state index in [1.165, 1.54) is 17.7 Å². The number of aryl methyl sites for hydroxylation is 2. The lowest BCUT2D eigenvalue weighted by atomic mass is 9.79. The average molecular weight is 244 g/mol. The van der Waals surface area contributed by atoms with Gasteiger partial charge in [-0.3, -0.25) is 0 Å². The molecule has 0 heterocycles. The number of hydrogen-bond acceptors (Lipinski definition) is 2. The summed E-state index contributed by atoms with van der Waals surface area (Å²) in [6.07, 6.45) is 0. The standard InChI is InChI=1S/C14H14BFO2/c1-9-3-4-11(7-10(9)2)12-5-6-13(15(17)18)14(16)8-12/h3-8,17-18H,1-2H3.